The minimum Gasteiger partial charge on any atom is -0.327 e. The molecule has 0 radical (unpaired) electrons. The first kappa shape index (κ1) is 14.6. The SMILES string of the molecule is Cc1ccc(C)c(SC(C(C)N)C(C)(C)C)c1. The molecule has 96 valence electrons. The molecule has 0 bridgehead atoms. The highest BCUT2D eigenvalue weighted by Crippen LogP contribution is 2.38. The van der Waals surface area contributed by atoms with E-state index in [0.29, 0.717) is 5.25 Å². The topological polar surface area (TPSA) is 26.0 Å². The maximum Gasteiger partial charge on any atom is 0.0292 e. The molecule has 0 fully saturated rings. The van der Waals surface area contributed by atoms with Crippen molar-refractivity contribution in [3.05, 3.63) is 29.3 Å². The van der Waals surface area contributed by atoms with E-state index in [4.69, 9.17) is 5.73 Å². The predicted octanol–water partition coefficient (Wildman–Crippen LogP) is 4.16. The lowest BCUT2D eigenvalue weighted by atomic mass is 9.88. The van der Waals surface area contributed by atoms with Crippen LogP contribution >= 0.6 is 11.8 Å². The number of hydrogen-bond acceptors (Lipinski definition) is 2. The van der Waals surface area contributed by atoms with Gasteiger partial charge in [0, 0.05) is 16.2 Å². The molecule has 0 saturated heterocycles. The van der Waals surface area contributed by atoms with E-state index in [1.807, 2.05) is 11.8 Å². The van der Waals surface area contributed by atoms with Gasteiger partial charge in [-0.25, -0.2) is 0 Å². The monoisotopic (exact) mass is 251 g/mol. The quantitative estimate of drug-likeness (QED) is 0.816. The average molecular weight is 251 g/mol. The van der Waals surface area contributed by atoms with Crippen molar-refractivity contribution in [2.75, 3.05) is 0 Å². The van der Waals surface area contributed by atoms with Gasteiger partial charge >= 0.3 is 0 Å². The predicted molar refractivity (Wildman–Crippen MR) is 78.7 cm³/mol. The fraction of sp³-hybridized carbons (Fsp3) is 0.600. The molecule has 2 heteroatoms. The van der Waals surface area contributed by atoms with Crippen LogP contribution < -0.4 is 5.73 Å². The summed E-state index contributed by atoms with van der Waals surface area (Å²) in [5, 5.41) is 0.433. The van der Waals surface area contributed by atoms with Crippen LogP contribution in [-0.2, 0) is 0 Å². The second-order valence-corrected chi connectivity index (χ2v) is 7.22. The number of rotatable bonds is 3. The first-order valence-electron chi connectivity index (χ1n) is 6.21. The van der Waals surface area contributed by atoms with Crippen LogP contribution in [0.2, 0.25) is 0 Å². The Balaban J connectivity index is 2.98. The van der Waals surface area contributed by atoms with Crippen LogP contribution in [0.4, 0.5) is 0 Å². The summed E-state index contributed by atoms with van der Waals surface area (Å²) in [6, 6.07) is 6.82. The van der Waals surface area contributed by atoms with Crippen molar-refractivity contribution in [3.8, 4) is 0 Å². The Morgan fingerprint density at radius 2 is 1.76 bits per heavy atom. The van der Waals surface area contributed by atoms with Crippen LogP contribution in [0.1, 0.15) is 38.8 Å². The molecule has 0 aliphatic rings. The molecule has 1 rings (SSSR count). The smallest absolute Gasteiger partial charge is 0.0292 e. The molecule has 0 aliphatic heterocycles. The van der Waals surface area contributed by atoms with E-state index in [-0.39, 0.29) is 11.5 Å². The summed E-state index contributed by atoms with van der Waals surface area (Å²) < 4.78 is 0. The minimum atomic E-state index is 0.194. The summed E-state index contributed by atoms with van der Waals surface area (Å²) in [6.45, 7) is 13.2. The Morgan fingerprint density at radius 3 is 2.24 bits per heavy atom. The molecule has 1 aromatic carbocycles. The van der Waals surface area contributed by atoms with E-state index in [0.717, 1.165) is 0 Å². The maximum atomic E-state index is 6.14. The molecule has 17 heavy (non-hydrogen) atoms. The minimum absolute atomic E-state index is 0.194. The first-order chi connectivity index (χ1) is 7.71. The lowest BCUT2D eigenvalue weighted by Crippen LogP contribution is -2.38. The van der Waals surface area contributed by atoms with Crippen molar-refractivity contribution in [3.63, 3.8) is 0 Å². The summed E-state index contributed by atoms with van der Waals surface area (Å²) in [7, 11) is 0. The third kappa shape index (κ3) is 4.04. The molecule has 0 spiro atoms. The van der Waals surface area contributed by atoms with Gasteiger partial charge in [-0.2, -0.15) is 0 Å². The summed E-state index contributed by atoms with van der Waals surface area (Å²) in [4.78, 5) is 1.36. The van der Waals surface area contributed by atoms with Gasteiger partial charge < -0.3 is 5.73 Å². The molecular weight excluding hydrogens is 226 g/mol. The largest absolute Gasteiger partial charge is 0.327 e. The second kappa shape index (κ2) is 5.45. The lowest BCUT2D eigenvalue weighted by molar-refractivity contribution is 0.363. The molecule has 2 atom stereocenters. The Morgan fingerprint density at radius 1 is 1.18 bits per heavy atom. The van der Waals surface area contributed by atoms with Crippen LogP contribution in [-0.4, -0.2) is 11.3 Å². The summed E-state index contributed by atoms with van der Waals surface area (Å²) in [6.07, 6.45) is 0. The summed E-state index contributed by atoms with van der Waals surface area (Å²) >= 11 is 1.92. The van der Waals surface area contributed by atoms with Crippen LogP contribution in [0, 0.1) is 19.3 Å². The van der Waals surface area contributed by atoms with Crippen molar-refractivity contribution < 1.29 is 0 Å². The van der Waals surface area contributed by atoms with Crippen molar-refractivity contribution in [1.29, 1.82) is 0 Å². The molecule has 0 amide bonds. The molecule has 2 unspecified atom stereocenters. The fourth-order valence-electron chi connectivity index (χ4n) is 2.04. The number of hydrogen-bond donors (Lipinski definition) is 1. The number of nitrogens with two attached hydrogens (primary N) is 1. The Hall–Kier alpha value is -0.470. The van der Waals surface area contributed by atoms with Crippen molar-refractivity contribution >= 4 is 11.8 Å². The first-order valence-corrected chi connectivity index (χ1v) is 7.09. The Bertz CT molecular complexity index is 377. The van der Waals surface area contributed by atoms with Gasteiger partial charge in [-0.3, -0.25) is 0 Å². The van der Waals surface area contributed by atoms with Crippen LogP contribution in [0.3, 0.4) is 0 Å². The Kier molecular flexibility index (Phi) is 4.68. The van der Waals surface area contributed by atoms with Crippen LogP contribution in [0.25, 0.3) is 0 Å². The zero-order valence-electron chi connectivity index (χ0n) is 11.9. The Labute approximate surface area is 110 Å². The van der Waals surface area contributed by atoms with Gasteiger partial charge in [0.25, 0.3) is 0 Å². The second-order valence-electron chi connectivity index (χ2n) is 6.03. The van der Waals surface area contributed by atoms with Gasteiger partial charge in [0.15, 0.2) is 0 Å². The number of thioether (sulfide) groups is 1. The van der Waals surface area contributed by atoms with Gasteiger partial charge in [-0.15, -0.1) is 11.8 Å². The van der Waals surface area contributed by atoms with E-state index >= 15 is 0 Å². The van der Waals surface area contributed by atoms with Crippen LogP contribution in [0.15, 0.2) is 23.1 Å². The van der Waals surface area contributed by atoms with Gasteiger partial charge in [0.2, 0.25) is 0 Å². The molecular formula is C15H25NS. The van der Waals surface area contributed by atoms with Gasteiger partial charge in [0.1, 0.15) is 0 Å². The highest BCUT2D eigenvalue weighted by Gasteiger charge is 2.29. The summed E-state index contributed by atoms with van der Waals surface area (Å²) in [5.41, 5.74) is 9.01. The third-order valence-electron chi connectivity index (χ3n) is 2.93. The molecule has 0 heterocycles. The van der Waals surface area contributed by atoms with Gasteiger partial charge in [-0.1, -0.05) is 38.5 Å². The highest BCUT2D eigenvalue weighted by atomic mass is 32.2. The molecule has 0 saturated carbocycles. The molecule has 2 N–H and O–H groups in total. The van der Waals surface area contributed by atoms with Crippen molar-refractivity contribution in [1.82, 2.24) is 0 Å². The van der Waals surface area contributed by atoms with Gasteiger partial charge in [-0.05, 0) is 37.8 Å². The normalized spacial score (nSPS) is 15.7. The van der Waals surface area contributed by atoms with E-state index in [1.54, 1.807) is 0 Å². The highest BCUT2D eigenvalue weighted by molar-refractivity contribution is 8.00. The van der Waals surface area contributed by atoms with Gasteiger partial charge in [0.05, 0.1) is 0 Å². The molecule has 1 nitrogen and oxygen atoms in total. The molecule has 0 aromatic heterocycles. The average Bonchev–Trinajstić information content (AvgIpc) is 2.17. The van der Waals surface area contributed by atoms with E-state index in [9.17, 15) is 0 Å². The number of benzene rings is 1. The molecule has 0 aliphatic carbocycles. The zero-order chi connectivity index (χ0) is 13.2. The van der Waals surface area contributed by atoms with E-state index in [2.05, 4.69) is 59.7 Å². The lowest BCUT2D eigenvalue weighted by Gasteiger charge is -2.33. The fourth-order valence-corrected chi connectivity index (χ4v) is 3.39. The maximum absolute atomic E-state index is 6.14. The zero-order valence-corrected chi connectivity index (χ0v) is 12.7. The standard InChI is InChI=1S/C15H25NS/c1-10-7-8-11(2)13(9-10)17-14(12(3)16)15(4,5)6/h7-9,12,14H,16H2,1-6H3. The van der Waals surface area contributed by atoms with Crippen molar-refractivity contribution in [2.45, 2.75) is 57.7 Å². The molecule has 1 aromatic rings. The van der Waals surface area contributed by atoms with Crippen LogP contribution in [0.5, 0.6) is 0 Å². The van der Waals surface area contributed by atoms with Crippen molar-refractivity contribution in [2.24, 2.45) is 11.1 Å². The summed E-state index contributed by atoms with van der Waals surface area (Å²) in [5.74, 6) is 0. The van der Waals surface area contributed by atoms with E-state index < -0.39 is 0 Å². The number of aryl methyl sites for hydroxylation is 2. The third-order valence-corrected chi connectivity index (χ3v) is 5.01. The van der Waals surface area contributed by atoms with E-state index in [1.165, 1.54) is 16.0 Å².